The van der Waals surface area contributed by atoms with Crippen LogP contribution in [-0.4, -0.2) is 17.5 Å². The predicted molar refractivity (Wildman–Crippen MR) is 72.6 cm³/mol. The van der Waals surface area contributed by atoms with Crippen molar-refractivity contribution < 1.29 is 13.5 Å². The van der Waals surface area contributed by atoms with Crippen molar-refractivity contribution in [3.63, 3.8) is 0 Å². The van der Waals surface area contributed by atoms with Crippen LogP contribution in [0.4, 0.5) is 0 Å². The Morgan fingerprint density at radius 3 is 2.37 bits per heavy atom. The Morgan fingerprint density at radius 1 is 0.895 bits per heavy atom. The Labute approximate surface area is 110 Å². The van der Waals surface area contributed by atoms with Gasteiger partial charge in [0.15, 0.2) is 0 Å². The lowest BCUT2D eigenvalue weighted by molar-refractivity contribution is 0.481. The van der Waals surface area contributed by atoms with E-state index < -0.39 is 10.0 Å². The summed E-state index contributed by atoms with van der Waals surface area (Å²) in [5, 5.41) is 10.2. The van der Waals surface area contributed by atoms with E-state index in [0.29, 0.717) is 10.9 Å². The first-order valence-corrected chi connectivity index (χ1v) is 7.14. The largest absolute Gasteiger partial charge is 0.507 e. The minimum Gasteiger partial charge on any atom is -0.507 e. The van der Waals surface area contributed by atoms with Crippen LogP contribution in [0, 0.1) is 0 Å². The van der Waals surface area contributed by atoms with Crippen molar-refractivity contribution >= 4 is 20.9 Å². The molecule has 1 heterocycles. The van der Waals surface area contributed by atoms with Gasteiger partial charge in [0.2, 0.25) is 0 Å². The number of hydrogen-bond acceptors (Lipinski definition) is 3. The molecule has 0 unspecified atom stereocenters. The molecule has 0 bridgehead atoms. The lowest BCUT2D eigenvalue weighted by Crippen LogP contribution is -2.11. The summed E-state index contributed by atoms with van der Waals surface area (Å²) < 4.78 is 26.2. The van der Waals surface area contributed by atoms with Crippen LogP contribution < -0.4 is 0 Å². The second-order valence-corrected chi connectivity index (χ2v) is 5.95. The normalized spacial score (nSPS) is 11.8. The number of rotatable bonds is 2. The molecule has 0 aliphatic heterocycles. The number of hydrogen-bond donors (Lipinski definition) is 1. The molecule has 0 saturated heterocycles. The molecule has 0 aliphatic carbocycles. The smallest absolute Gasteiger partial charge is 0.268 e. The van der Waals surface area contributed by atoms with Crippen LogP contribution in [0.3, 0.4) is 0 Å². The van der Waals surface area contributed by atoms with Gasteiger partial charge in [-0.2, -0.15) is 0 Å². The minimum absolute atomic E-state index is 0.0690. The van der Waals surface area contributed by atoms with Gasteiger partial charge >= 0.3 is 0 Å². The van der Waals surface area contributed by atoms with E-state index in [2.05, 4.69) is 0 Å². The summed E-state index contributed by atoms with van der Waals surface area (Å²) in [6.45, 7) is 0. The third-order valence-electron chi connectivity index (χ3n) is 2.97. The summed E-state index contributed by atoms with van der Waals surface area (Å²) in [7, 11) is -3.63. The van der Waals surface area contributed by atoms with Gasteiger partial charge in [0.05, 0.1) is 10.4 Å². The summed E-state index contributed by atoms with van der Waals surface area (Å²) in [5.74, 6) is 0.0690. The van der Waals surface area contributed by atoms with Gasteiger partial charge in [-0.15, -0.1) is 0 Å². The molecule has 0 aliphatic rings. The zero-order chi connectivity index (χ0) is 13.5. The van der Waals surface area contributed by atoms with E-state index in [4.69, 9.17) is 0 Å². The Hall–Kier alpha value is -2.27. The molecule has 0 amide bonds. The maximum atomic E-state index is 12.5. The molecule has 0 saturated carbocycles. The molecule has 0 fully saturated rings. The van der Waals surface area contributed by atoms with Gasteiger partial charge in [-0.25, -0.2) is 12.4 Å². The van der Waals surface area contributed by atoms with Crippen molar-refractivity contribution in [1.29, 1.82) is 0 Å². The topological polar surface area (TPSA) is 59.3 Å². The second kappa shape index (κ2) is 4.13. The summed E-state index contributed by atoms with van der Waals surface area (Å²) >= 11 is 0. The first-order chi connectivity index (χ1) is 9.10. The lowest BCUT2D eigenvalue weighted by Gasteiger charge is -2.07. The van der Waals surface area contributed by atoms with E-state index in [1.54, 1.807) is 48.5 Å². The standard InChI is InChI=1S/C14H11NO3S/c16-14-8-4-7-13-12(14)9-10-15(13)19(17,18)11-5-2-1-3-6-11/h1-10,16H. The third-order valence-corrected chi connectivity index (χ3v) is 4.68. The van der Waals surface area contributed by atoms with Crippen LogP contribution in [0.25, 0.3) is 10.9 Å². The van der Waals surface area contributed by atoms with Gasteiger partial charge in [0.1, 0.15) is 5.75 Å². The summed E-state index contributed by atoms with van der Waals surface area (Å²) in [4.78, 5) is 0.218. The van der Waals surface area contributed by atoms with Gasteiger partial charge in [0.25, 0.3) is 10.0 Å². The molecule has 4 nitrogen and oxygen atoms in total. The molecule has 2 aromatic carbocycles. The molecular weight excluding hydrogens is 262 g/mol. The molecule has 1 N–H and O–H groups in total. The molecule has 3 rings (SSSR count). The molecule has 1 aromatic heterocycles. The highest BCUT2D eigenvalue weighted by molar-refractivity contribution is 7.90. The highest BCUT2D eigenvalue weighted by Gasteiger charge is 2.18. The molecule has 0 spiro atoms. The summed E-state index contributed by atoms with van der Waals surface area (Å²) in [6.07, 6.45) is 1.45. The van der Waals surface area contributed by atoms with E-state index in [0.717, 1.165) is 0 Å². The number of phenolic OH excluding ortho intramolecular Hbond substituents is 1. The number of aromatic hydroxyl groups is 1. The lowest BCUT2D eigenvalue weighted by atomic mass is 10.2. The van der Waals surface area contributed by atoms with Crippen LogP contribution in [-0.2, 0) is 10.0 Å². The van der Waals surface area contributed by atoms with Crippen molar-refractivity contribution in [2.45, 2.75) is 4.90 Å². The Kier molecular flexibility index (Phi) is 2.57. The fourth-order valence-corrected chi connectivity index (χ4v) is 3.41. The van der Waals surface area contributed by atoms with Crippen molar-refractivity contribution in [1.82, 2.24) is 3.97 Å². The number of benzene rings is 2. The molecule has 3 aromatic rings. The number of aromatic nitrogens is 1. The van der Waals surface area contributed by atoms with Crippen molar-refractivity contribution in [3.8, 4) is 5.75 Å². The summed E-state index contributed by atoms with van der Waals surface area (Å²) in [5.41, 5.74) is 0.462. The molecule has 0 radical (unpaired) electrons. The first kappa shape index (κ1) is 11.8. The SMILES string of the molecule is O=S(=O)(c1ccccc1)n1ccc2c(O)cccc21. The zero-order valence-corrected chi connectivity index (χ0v) is 10.7. The third kappa shape index (κ3) is 1.79. The Balaban J connectivity index is 2.29. The van der Waals surface area contributed by atoms with Gasteiger partial charge in [0, 0.05) is 11.6 Å². The van der Waals surface area contributed by atoms with Crippen molar-refractivity contribution in [2.24, 2.45) is 0 Å². The van der Waals surface area contributed by atoms with E-state index >= 15 is 0 Å². The maximum absolute atomic E-state index is 12.5. The quantitative estimate of drug-likeness (QED) is 0.780. The van der Waals surface area contributed by atoms with Crippen molar-refractivity contribution in [2.75, 3.05) is 0 Å². The summed E-state index contributed by atoms with van der Waals surface area (Å²) in [6, 6.07) is 14.6. The van der Waals surface area contributed by atoms with Crippen LogP contribution >= 0.6 is 0 Å². The Morgan fingerprint density at radius 2 is 1.63 bits per heavy atom. The first-order valence-electron chi connectivity index (χ1n) is 5.70. The molecule has 5 heteroatoms. The molecule has 96 valence electrons. The second-order valence-electron chi connectivity index (χ2n) is 4.14. The average Bonchev–Trinajstić information content (AvgIpc) is 2.86. The Bertz CT molecular complexity index is 836. The van der Waals surface area contributed by atoms with Gasteiger partial charge < -0.3 is 5.11 Å². The van der Waals surface area contributed by atoms with Crippen LogP contribution in [0.15, 0.2) is 65.7 Å². The van der Waals surface area contributed by atoms with E-state index in [1.165, 1.54) is 16.2 Å². The maximum Gasteiger partial charge on any atom is 0.268 e. The molecule has 19 heavy (non-hydrogen) atoms. The minimum atomic E-state index is -3.63. The average molecular weight is 273 g/mol. The van der Waals surface area contributed by atoms with E-state index in [-0.39, 0.29) is 10.6 Å². The van der Waals surface area contributed by atoms with Crippen molar-refractivity contribution in [3.05, 3.63) is 60.8 Å². The van der Waals surface area contributed by atoms with Crippen LogP contribution in [0.1, 0.15) is 0 Å². The van der Waals surface area contributed by atoms with Gasteiger partial charge in [-0.3, -0.25) is 0 Å². The highest BCUT2D eigenvalue weighted by Crippen LogP contribution is 2.27. The van der Waals surface area contributed by atoms with E-state index in [1.807, 2.05) is 0 Å². The fourth-order valence-electron chi connectivity index (χ4n) is 2.04. The fraction of sp³-hybridized carbons (Fsp3) is 0. The monoisotopic (exact) mass is 273 g/mol. The molecular formula is C14H11NO3S. The number of fused-ring (bicyclic) bond motifs is 1. The number of nitrogens with zero attached hydrogens (tertiary/aromatic N) is 1. The zero-order valence-electron chi connectivity index (χ0n) is 9.89. The molecule has 0 atom stereocenters. The van der Waals surface area contributed by atoms with E-state index in [9.17, 15) is 13.5 Å². The number of phenols is 1. The predicted octanol–water partition coefficient (Wildman–Crippen LogP) is 2.58. The van der Waals surface area contributed by atoms with Crippen LogP contribution in [0.5, 0.6) is 5.75 Å². The van der Waals surface area contributed by atoms with Gasteiger partial charge in [-0.05, 0) is 30.3 Å². The van der Waals surface area contributed by atoms with Crippen LogP contribution in [0.2, 0.25) is 0 Å². The van der Waals surface area contributed by atoms with Gasteiger partial charge in [-0.1, -0.05) is 24.3 Å². The highest BCUT2D eigenvalue weighted by atomic mass is 32.2.